The second kappa shape index (κ2) is 6.21. The second-order valence-corrected chi connectivity index (χ2v) is 4.46. The number of hydrogen-bond acceptors (Lipinski definition) is 3. The van der Waals surface area contributed by atoms with Gasteiger partial charge in [-0.25, -0.2) is 0 Å². The number of aromatic nitrogens is 2. The van der Waals surface area contributed by atoms with Crippen LogP contribution in [0.15, 0.2) is 36.5 Å². The maximum absolute atomic E-state index is 5.77. The Morgan fingerprint density at radius 2 is 2.06 bits per heavy atom. The van der Waals surface area contributed by atoms with Crippen molar-refractivity contribution in [1.29, 1.82) is 0 Å². The topological polar surface area (TPSA) is 49.9 Å². The minimum Gasteiger partial charge on any atom is -0.491 e. The molecule has 0 fully saturated rings. The first-order valence-corrected chi connectivity index (χ1v) is 6.19. The average Bonchev–Trinajstić information content (AvgIpc) is 2.84. The van der Waals surface area contributed by atoms with Crippen molar-refractivity contribution in [3.05, 3.63) is 47.8 Å². The summed E-state index contributed by atoms with van der Waals surface area (Å²) >= 11 is 0. The molecular weight excluding hydrogens is 226 g/mol. The number of nitrogens with one attached hydrogen (secondary N) is 2. The van der Waals surface area contributed by atoms with Crippen LogP contribution in [0, 0.1) is 0 Å². The molecular formula is C14H19N3O. The number of para-hydroxylation sites is 1. The van der Waals surface area contributed by atoms with Crippen LogP contribution in [0.4, 0.5) is 0 Å². The van der Waals surface area contributed by atoms with Gasteiger partial charge in [-0.05, 0) is 26.0 Å². The zero-order valence-corrected chi connectivity index (χ0v) is 10.8. The Hall–Kier alpha value is -1.81. The zero-order valence-electron chi connectivity index (χ0n) is 10.8. The molecule has 4 heteroatoms. The molecule has 4 nitrogen and oxygen atoms in total. The normalized spacial score (nSPS) is 10.8. The highest BCUT2D eigenvalue weighted by molar-refractivity contribution is 5.33. The van der Waals surface area contributed by atoms with Crippen LogP contribution >= 0.6 is 0 Å². The van der Waals surface area contributed by atoms with Crippen molar-refractivity contribution in [2.75, 3.05) is 0 Å². The van der Waals surface area contributed by atoms with Crippen LogP contribution in [0.5, 0.6) is 5.75 Å². The molecule has 1 heterocycles. The van der Waals surface area contributed by atoms with Gasteiger partial charge in [0, 0.05) is 30.5 Å². The molecule has 2 N–H and O–H groups in total. The van der Waals surface area contributed by atoms with E-state index < -0.39 is 0 Å². The van der Waals surface area contributed by atoms with Gasteiger partial charge < -0.3 is 10.1 Å². The van der Waals surface area contributed by atoms with Crippen LogP contribution in [0.3, 0.4) is 0 Å². The van der Waals surface area contributed by atoms with Crippen LogP contribution in [-0.4, -0.2) is 16.3 Å². The lowest BCUT2D eigenvalue weighted by molar-refractivity contribution is 0.239. The van der Waals surface area contributed by atoms with E-state index in [9.17, 15) is 0 Å². The molecule has 2 rings (SSSR count). The van der Waals surface area contributed by atoms with E-state index in [-0.39, 0.29) is 6.10 Å². The first-order chi connectivity index (χ1) is 8.75. The van der Waals surface area contributed by atoms with Crippen molar-refractivity contribution in [2.45, 2.75) is 33.0 Å². The van der Waals surface area contributed by atoms with E-state index in [1.165, 1.54) is 5.56 Å². The van der Waals surface area contributed by atoms with Crippen LogP contribution in [0.1, 0.15) is 25.1 Å². The van der Waals surface area contributed by atoms with Crippen molar-refractivity contribution in [1.82, 2.24) is 15.5 Å². The Bertz CT molecular complexity index is 466. The first-order valence-electron chi connectivity index (χ1n) is 6.19. The van der Waals surface area contributed by atoms with Gasteiger partial charge in [-0.2, -0.15) is 5.10 Å². The molecule has 0 atom stereocenters. The molecule has 18 heavy (non-hydrogen) atoms. The summed E-state index contributed by atoms with van der Waals surface area (Å²) < 4.78 is 5.77. The summed E-state index contributed by atoms with van der Waals surface area (Å²) in [6, 6.07) is 10.1. The quantitative estimate of drug-likeness (QED) is 0.822. The summed E-state index contributed by atoms with van der Waals surface area (Å²) in [6.45, 7) is 5.63. The summed E-state index contributed by atoms with van der Waals surface area (Å²) in [6.07, 6.45) is 1.95. The molecule has 0 aliphatic carbocycles. The smallest absolute Gasteiger partial charge is 0.124 e. The second-order valence-electron chi connectivity index (χ2n) is 4.46. The van der Waals surface area contributed by atoms with Crippen LogP contribution in [0.2, 0.25) is 0 Å². The van der Waals surface area contributed by atoms with E-state index in [0.717, 1.165) is 24.5 Å². The van der Waals surface area contributed by atoms with E-state index in [0.29, 0.717) is 0 Å². The Labute approximate surface area is 107 Å². The van der Waals surface area contributed by atoms with Gasteiger partial charge in [-0.3, -0.25) is 5.10 Å². The fourth-order valence-electron chi connectivity index (χ4n) is 1.73. The van der Waals surface area contributed by atoms with Gasteiger partial charge in [-0.1, -0.05) is 18.2 Å². The maximum atomic E-state index is 5.77. The van der Waals surface area contributed by atoms with Gasteiger partial charge in [0.1, 0.15) is 5.75 Å². The Kier molecular flexibility index (Phi) is 4.36. The number of hydrogen-bond donors (Lipinski definition) is 2. The molecule has 0 radical (unpaired) electrons. The third-order valence-corrected chi connectivity index (χ3v) is 2.52. The predicted octanol–water partition coefficient (Wildman–Crippen LogP) is 2.49. The molecule has 96 valence electrons. The lowest BCUT2D eigenvalue weighted by Crippen LogP contribution is -2.15. The van der Waals surface area contributed by atoms with E-state index >= 15 is 0 Å². The van der Waals surface area contributed by atoms with Crippen LogP contribution in [-0.2, 0) is 13.1 Å². The predicted molar refractivity (Wildman–Crippen MR) is 71.3 cm³/mol. The number of nitrogens with zero attached hydrogens (tertiary/aromatic N) is 1. The zero-order chi connectivity index (χ0) is 12.8. The molecule has 1 aromatic heterocycles. The monoisotopic (exact) mass is 245 g/mol. The van der Waals surface area contributed by atoms with E-state index in [2.05, 4.69) is 21.6 Å². The Morgan fingerprint density at radius 1 is 1.22 bits per heavy atom. The van der Waals surface area contributed by atoms with E-state index in [1.807, 2.05) is 38.1 Å². The van der Waals surface area contributed by atoms with E-state index in [1.54, 1.807) is 6.20 Å². The number of benzene rings is 1. The molecule has 0 aliphatic rings. The Morgan fingerprint density at radius 3 is 2.78 bits per heavy atom. The fraction of sp³-hybridized carbons (Fsp3) is 0.357. The average molecular weight is 245 g/mol. The van der Waals surface area contributed by atoms with Crippen molar-refractivity contribution < 1.29 is 4.74 Å². The summed E-state index contributed by atoms with van der Waals surface area (Å²) in [5, 5.41) is 10.2. The van der Waals surface area contributed by atoms with Gasteiger partial charge in [0.25, 0.3) is 0 Å². The molecule has 0 spiro atoms. The largest absolute Gasteiger partial charge is 0.491 e. The highest BCUT2D eigenvalue weighted by Crippen LogP contribution is 2.19. The molecule has 2 aromatic rings. The summed E-state index contributed by atoms with van der Waals surface area (Å²) in [5.41, 5.74) is 2.25. The number of ether oxygens (including phenoxy) is 1. The summed E-state index contributed by atoms with van der Waals surface area (Å²) in [5.74, 6) is 0.949. The standard InChI is InChI=1S/C14H19N3O/c1-11(2)18-14-6-4-3-5-12(14)9-15-10-13-7-8-16-17-13/h3-8,11,15H,9-10H2,1-2H3,(H,16,17). The van der Waals surface area contributed by atoms with Crippen molar-refractivity contribution in [3.8, 4) is 5.75 Å². The number of H-pyrrole nitrogens is 1. The molecule has 1 aromatic carbocycles. The third kappa shape index (κ3) is 3.60. The SMILES string of the molecule is CC(C)Oc1ccccc1CNCc1ccn[nH]1. The molecule has 0 bridgehead atoms. The van der Waals surface area contributed by atoms with Gasteiger partial charge in [0.15, 0.2) is 0 Å². The van der Waals surface area contributed by atoms with Crippen molar-refractivity contribution in [2.24, 2.45) is 0 Å². The molecule has 0 saturated heterocycles. The van der Waals surface area contributed by atoms with Gasteiger partial charge in [0.2, 0.25) is 0 Å². The molecule has 0 saturated carbocycles. The number of aromatic amines is 1. The maximum Gasteiger partial charge on any atom is 0.124 e. The minimum absolute atomic E-state index is 0.193. The van der Waals surface area contributed by atoms with Crippen LogP contribution in [0.25, 0.3) is 0 Å². The van der Waals surface area contributed by atoms with Crippen molar-refractivity contribution >= 4 is 0 Å². The lowest BCUT2D eigenvalue weighted by atomic mass is 10.2. The summed E-state index contributed by atoms with van der Waals surface area (Å²) in [4.78, 5) is 0. The first kappa shape index (κ1) is 12.6. The highest BCUT2D eigenvalue weighted by atomic mass is 16.5. The van der Waals surface area contributed by atoms with Crippen LogP contribution < -0.4 is 10.1 Å². The van der Waals surface area contributed by atoms with Gasteiger partial charge in [-0.15, -0.1) is 0 Å². The Balaban J connectivity index is 1.92. The highest BCUT2D eigenvalue weighted by Gasteiger charge is 2.04. The lowest BCUT2D eigenvalue weighted by Gasteiger charge is -2.14. The van der Waals surface area contributed by atoms with Gasteiger partial charge in [0.05, 0.1) is 6.10 Å². The van der Waals surface area contributed by atoms with Gasteiger partial charge >= 0.3 is 0 Å². The summed E-state index contributed by atoms with van der Waals surface area (Å²) in [7, 11) is 0. The fourth-order valence-corrected chi connectivity index (χ4v) is 1.73. The van der Waals surface area contributed by atoms with E-state index in [4.69, 9.17) is 4.74 Å². The number of rotatable bonds is 6. The minimum atomic E-state index is 0.193. The van der Waals surface area contributed by atoms with Crippen molar-refractivity contribution in [3.63, 3.8) is 0 Å². The molecule has 0 amide bonds. The third-order valence-electron chi connectivity index (χ3n) is 2.52. The molecule has 0 aliphatic heterocycles. The molecule has 0 unspecified atom stereocenters.